The molecule has 1 nitrogen and oxygen atoms in total. The van der Waals surface area contributed by atoms with E-state index >= 15 is 0 Å². The molecule has 0 saturated heterocycles. The van der Waals surface area contributed by atoms with Gasteiger partial charge in [0.2, 0.25) is 0 Å². The van der Waals surface area contributed by atoms with Gasteiger partial charge in [-0.1, -0.05) is 33.8 Å². The van der Waals surface area contributed by atoms with E-state index in [1.54, 1.807) is 0 Å². The molecule has 0 bridgehead atoms. The molecule has 0 radical (unpaired) electrons. The molecular weight excluding hydrogens is 202 g/mol. The zero-order chi connectivity index (χ0) is 11.3. The van der Waals surface area contributed by atoms with Crippen molar-refractivity contribution in [2.45, 2.75) is 52.6 Å². The molecule has 0 saturated carbocycles. The van der Waals surface area contributed by atoms with Gasteiger partial charge in [-0.15, -0.1) is 11.3 Å². The lowest BCUT2D eigenvalue weighted by molar-refractivity contribution is 0.343. The second-order valence-corrected chi connectivity index (χ2v) is 5.38. The molecule has 2 heteroatoms. The van der Waals surface area contributed by atoms with E-state index in [1.165, 1.54) is 17.7 Å². The van der Waals surface area contributed by atoms with Gasteiger partial charge in [0.1, 0.15) is 0 Å². The van der Waals surface area contributed by atoms with Crippen LogP contribution in [-0.4, -0.2) is 6.04 Å². The molecule has 0 spiro atoms. The van der Waals surface area contributed by atoms with Crippen molar-refractivity contribution in [1.82, 2.24) is 5.32 Å². The van der Waals surface area contributed by atoms with Crippen molar-refractivity contribution in [3.05, 3.63) is 22.4 Å². The van der Waals surface area contributed by atoms with Gasteiger partial charge in [0.05, 0.1) is 0 Å². The van der Waals surface area contributed by atoms with Crippen LogP contribution < -0.4 is 5.32 Å². The van der Waals surface area contributed by atoms with Crippen molar-refractivity contribution in [3.63, 3.8) is 0 Å². The second kappa shape index (κ2) is 6.29. The number of rotatable bonds is 6. The van der Waals surface area contributed by atoms with Gasteiger partial charge in [-0.2, -0.15) is 0 Å². The minimum atomic E-state index is 0.539. The molecule has 2 atom stereocenters. The topological polar surface area (TPSA) is 12.0 Å². The van der Waals surface area contributed by atoms with E-state index in [9.17, 15) is 0 Å². The van der Waals surface area contributed by atoms with Crippen molar-refractivity contribution in [2.24, 2.45) is 5.92 Å². The van der Waals surface area contributed by atoms with E-state index in [0.29, 0.717) is 18.0 Å². The highest BCUT2D eigenvalue weighted by Crippen LogP contribution is 2.23. The summed E-state index contributed by atoms with van der Waals surface area (Å²) in [5, 5.41) is 5.93. The first-order valence-corrected chi connectivity index (χ1v) is 6.86. The lowest BCUT2D eigenvalue weighted by atomic mass is 10.00. The molecular formula is C13H23NS. The van der Waals surface area contributed by atoms with Crippen molar-refractivity contribution < 1.29 is 0 Å². The van der Waals surface area contributed by atoms with Crippen LogP contribution in [0.15, 0.2) is 17.5 Å². The fourth-order valence-electron chi connectivity index (χ4n) is 1.93. The molecule has 0 aromatic carbocycles. The Bertz CT molecular complexity index is 254. The van der Waals surface area contributed by atoms with Gasteiger partial charge in [-0.25, -0.2) is 0 Å². The maximum absolute atomic E-state index is 3.77. The molecule has 0 aliphatic carbocycles. The van der Waals surface area contributed by atoms with E-state index < -0.39 is 0 Å². The minimum absolute atomic E-state index is 0.539. The van der Waals surface area contributed by atoms with E-state index in [0.717, 1.165) is 0 Å². The molecule has 1 aromatic rings. The van der Waals surface area contributed by atoms with Crippen LogP contribution in [0, 0.1) is 5.92 Å². The highest BCUT2D eigenvalue weighted by molar-refractivity contribution is 7.10. The van der Waals surface area contributed by atoms with Gasteiger partial charge < -0.3 is 5.32 Å². The third-order valence-electron chi connectivity index (χ3n) is 2.95. The molecule has 1 heterocycles. The highest BCUT2D eigenvalue weighted by atomic mass is 32.1. The zero-order valence-corrected chi connectivity index (χ0v) is 11.1. The standard InChI is InChI=1S/C13H23NS/c1-5-11(10(3)4)14-12(6-2)13-8-7-9-15-13/h7-12,14H,5-6H2,1-4H3. The third kappa shape index (κ3) is 3.62. The van der Waals surface area contributed by atoms with Crippen LogP contribution in [0.4, 0.5) is 0 Å². The Morgan fingerprint density at radius 2 is 2.00 bits per heavy atom. The number of thiophene rings is 1. The monoisotopic (exact) mass is 225 g/mol. The van der Waals surface area contributed by atoms with Gasteiger partial charge >= 0.3 is 0 Å². The van der Waals surface area contributed by atoms with Crippen LogP contribution in [0.3, 0.4) is 0 Å². The summed E-state index contributed by atoms with van der Waals surface area (Å²) >= 11 is 1.86. The zero-order valence-electron chi connectivity index (χ0n) is 10.3. The predicted octanol–water partition coefficient (Wildman–Crippen LogP) is 4.22. The summed E-state index contributed by atoms with van der Waals surface area (Å²) in [7, 11) is 0. The van der Waals surface area contributed by atoms with Gasteiger partial charge in [-0.05, 0) is 30.2 Å². The molecule has 1 rings (SSSR count). The van der Waals surface area contributed by atoms with Gasteiger partial charge in [-0.3, -0.25) is 0 Å². The van der Waals surface area contributed by atoms with Crippen LogP contribution >= 0.6 is 11.3 Å². The summed E-state index contributed by atoms with van der Waals surface area (Å²) in [6.45, 7) is 9.11. The Hall–Kier alpha value is -0.340. The highest BCUT2D eigenvalue weighted by Gasteiger charge is 2.17. The number of nitrogens with one attached hydrogen (secondary N) is 1. The third-order valence-corrected chi connectivity index (χ3v) is 3.94. The summed E-state index contributed by atoms with van der Waals surface area (Å²) in [4.78, 5) is 1.47. The Morgan fingerprint density at radius 1 is 1.27 bits per heavy atom. The van der Waals surface area contributed by atoms with Crippen LogP contribution in [0.1, 0.15) is 51.5 Å². The van der Waals surface area contributed by atoms with Crippen molar-refractivity contribution in [3.8, 4) is 0 Å². The predicted molar refractivity (Wildman–Crippen MR) is 69.4 cm³/mol. The van der Waals surface area contributed by atoms with Crippen molar-refractivity contribution in [1.29, 1.82) is 0 Å². The molecule has 1 N–H and O–H groups in total. The minimum Gasteiger partial charge on any atom is -0.306 e. The maximum atomic E-state index is 3.77. The van der Waals surface area contributed by atoms with Crippen LogP contribution in [0.5, 0.6) is 0 Å². The number of hydrogen-bond donors (Lipinski definition) is 1. The largest absolute Gasteiger partial charge is 0.306 e. The first-order chi connectivity index (χ1) is 7.19. The van der Waals surface area contributed by atoms with Crippen LogP contribution in [0.2, 0.25) is 0 Å². The Morgan fingerprint density at radius 3 is 2.40 bits per heavy atom. The lowest BCUT2D eigenvalue weighted by Gasteiger charge is -2.26. The van der Waals surface area contributed by atoms with E-state index in [1.807, 2.05) is 11.3 Å². The average molecular weight is 225 g/mol. The quantitative estimate of drug-likeness (QED) is 0.764. The molecule has 86 valence electrons. The summed E-state index contributed by atoms with van der Waals surface area (Å²) < 4.78 is 0. The molecule has 1 aromatic heterocycles. The van der Waals surface area contributed by atoms with Crippen LogP contribution in [0.25, 0.3) is 0 Å². The molecule has 15 heavy (non-hydrogen) atoms. The molecule has 0 fully saturated rings. The fourth-order valence-corrected chi connectivity index (χ4v) is 2.80. The summed E-state index contributed by atoms with van der Waals surface area (Å²) in [5.74, 6) is 0.712. The summed E-state index contributed by atoms with van der Waals surface area (Å²) in [6, 6.07) is 5.55. The van der Waals surface area contributed by atoms with Crippen molar-refractivity contribution >= 4 is 11.3 Å². The molecule has 0 aliphatic rings. The maximum Gasteiger partial charge on any atom is 0.0414 e. The average Bonchev–Trinajstić information content (AvgIpc) is 2.72. The lowest BCUT2D eigenvalue weighted by Crippen LogP contribution is -2.35. The first-order valence-electron chi connectivity index (χ1n) is 5.98. The fraction of sp³-hybridized carbons (Fsp3) is 0.692. The Labute approximate surface area is 97.9 Å². The van der Waals surface area contributed by atoms with E-state index in [4.69, 9.17) is 0 Å². The Balaban J connectivity index is 2.60. The van der Waals surface area contributed by atoms with Crippen LogP contribution in [-0.2, 0) is 0 Å². The summed E-state index contributed by atoms with van der Waals surface area (Å²) in [6.07, 6.45) is 2.38. The SMILES string of the molecule is CCC(NC(CC)C(C)C)c1cccs1. The molecule has 0 amide bonds. The van der Waals surface area contributed by atoms with Gasteiger partial charge in [0, 0.05) is 17.0 Å². The van der Waals surface area contributed by atoms with E-state index in [2.05, 4.69) is 50.5 Å². The van der Waals surface area contributed by atoms with E-state index in [-0.39, 0.29) is 0 Å². The molecule has 0 aliphatic heterocycles. The Kier molecular flexibility index (Phi) is 5.34. The van der Waals surface area contributed by atoms with Crippen molar-refractivity contribution in [2.75, 3.05) is 0 Å². The first kappa shape index (κ1) is 12.7. The molecule has 2 unspecified atom stereocenters. The number of hydrogen-bond acceptors (Lipinski definition) is 2. The van der Waals surface area contributed by atoms with Gasteiger partial charge in [0.25, 0.3) is 0 Å². The smallest absolute Gasteiger partial charge is 0.0414 e. The normalized spacial score (nSPS) is 15.5. The van der Waals surface area contributed by atoms with Gasteiger partial charge in [0.15, 0.2) is 0 Å². The summed E-state index contributed by atoms with van der Waals surface area (Å²) in [5.41, 5.74) is 0. The second-order valence-electron chi connectivity index (χ2n) is 4.40.